The van der Waals surface area contributed by atoms with E-state index in [0.717, 1.165) is 4.47 Å². The highest BCUT2D eigenvalue weighted by atomic mass is 79.9. The topological polar surface area (TPSA) is 64.1 Å². The zero-order chi connectivity index (χ0) is 13.7. The summed E-state index contributed by atoms with van der Waals surface area (Å²) >= 11 is 8.94. The summed E-state index contributed by atoms with van der Waals surface area (Å²) in [6.07, 6.45) is 3.09. The molecule has 1 amide bonds. The van der Waals surface area contributed by atoms with Crippen LogP contribution < -0.4 is 10.1 Å². The zero-order valence-corrected chi connectivity index (χ0v) is 12.0. The highest BCUT2D eigenvalue weighted by molar-refractivity contribution is 9.10. The van der Waals surface area contributed by atoms with Crippen LogP contribution in [0.5, 0.6) is 5.75 Å². The van der Waals surface area contributed by atoms with Crippen LogP contribution in [0.15, 0.2) is 41.1 Å². The van der Waals surface area contributed by atoms with Crippen molar-refractivity contribution in [2.75, 3.05) is 11.9 Å². The molecule has 0 radical (unpaired) electrons. The summed E-state index contributed by atoms with van der Waals surface area (Å²) in [5.74, 6) is 0.460. The molecular weight excluding hydrogens is 334 g/mol. The monoisotopic (exact) mass is 341 g/mol. The summed E-state index contributed by atoms with van der Waals surface area (Å²) in [5.41, 5.74) is 0. The van der Waals surface area contributed by atoms with Gasteiger partial charge in [0.1, 0.15) is 5.75 Å². The van der Waals surface area contributed by atoms with E-state index in [-0.39, 0.29) is 18.5 Å². The van der Waals surface area contributed by atoms with E-state index in [9.17, 15) is 4.79 Å². The molecule has 0 aliphatic heterocycles. The lowest BCUT2D eigenvalue weighted by Gasteiger charge is -2.06. The molecule has 0 spiro atoms. The number of nitrogens with zero attached hydrogens (tertiary/aromatic N) is 2. The minimum Gasteiger partial charge on any atom is -0.484 e. The zero-order valence-electron chi connectivity index (χ0n) is 9.64. The van der Waals surface area contributed by atoms with Crippen LogP contribution in [0.3, 0.4) is 0 Å². The summed E-state index contributed by atoms with van der Waals surface area (Å²) < 4.78 is 6.02. The van der Waals surface area contributed by atoms with Crippen LogP contribution in [0.25, 0.3) is 0 Å². The number of ether oxygens (including phenoxy) is 1. The third-order valence-electron chi connectivity index (χ3n) is 2.06. The van der Waals surface area contributed by atoms with E-state index in [2.05, 4.69) is 31.2 Å². The lowest BCUT2D eigenvalue weighted by atomic mass is 10.3. The van der Waals surface area contributed by atoms with Gasteiger partial charge in [0.2, 0.25) is 5.95 Å². The maximum atomic E-state index is 11.6. The second kappa shape index (κ2) is 6.49. The van der Waals surface area contributed by atoms with Gasteiger partial charge in [0.05, 0.1) is 4.47 Å². The Morgan fingerprint density at radius 2 is 1.89 bits per heavy atom. The SMILES string of the molecule is O=C(COc1ccc(Cl)cc1)Nc1ncc(Br)cn1. The van der Waals surface area contributed by atoms with Gasteiger partial charge in [-0.15, -0.1) is 0 Å². The van der Waals surface area contributed by atoms with Gasteiger partial charge in [-0.3, -0.25) is 10.1 Å². The van der Waals surface area contributed by atoms with Crippen LogP contribution in [-0.2, 0) is 4.79 Å². The second-order valence-electron chi connectivity index (χ2n) is 3.52. The van der Waals surface area contributed by atoms with Crippen LogP contribution in [0, 0.1) is 0 Å². The highest BCUT2D eigenvalue weighted by Gasteiger charge is 2.05. The molecule has 5 nitrogen and oxygen atoms in total. The quantitative estimate of drug-likeness (QED) is 0.928. The Morgan fingerprint density at radius 3 is 2.53 bits per heavy atom. The van der Waals surface area contributed by atoms with Gasteiger partial charge < -0.3 is 4.74 Å². The molecule has 1 N–H and O–H groups in total. The summed E-state index contributed by atoms with van der Waals surface area (Å²) in [6, 6.07) is 6.75. The van der Waals surface area contributed by atoms with E-state index >= 15 is 0 Å². The number of carbonyl (C=O) groups excluding carboxylic acids is 1. The number of amides is 1. The molecule has 1 aromatic heterocycles. The Kier molecular flexibility index (Phi) is 4.70. The summed E-state index contributed by atoms with van der Waals surface area (Å²) in [7, 11) is 0. The Morgan fingerprint density at radius 1 is 1.26 bits per heavy atom. The molecule has 2 rings (SSSR count). The molecule has 1 heterocycles. The molecule has 0 saturated carbocycles. The Labute approximate surface area is 123 Å². The molecule has 0 saturated heterocycles. The summed E-state index contributed by atoms with van der Waals surface area (Å²) in [4.78, 5) is 19.4. The fraction of sp³-hybridized carbons (Fsp3) is 0.0833. The van der Waals surface area contributed by atoms with Crippen LogP contribution >= 0.6 is 27.5 Å². The normalized spacial score (nSPS) is 10.0. The summed E-state index contributed by atoms with van der Waals surface area (Å²) in [5, 5.41) is 3.13. The van der Waals surface area contributed by atoms with Gasteiger partial charge in [-0.2, -0.15) is 0 Å². The molecular formula is C12H9BrClN3O2. The molecule has 0 aliphatic carbocycles. The minimum atomic E-state index is -0.336. The molecule has 0 fully saturated rings. The van der Waals surface area contributed by atoms with E-state index in [1.54, 1.807) is 36.7 Å². The van der Waals surface area contributed by atoms with E-state index in [1.165, 1.54) is 0 Å². The van der Waals surface area contributed by atoms with E-state index < -0.39 is 0 Å². The third-order valence-corrected chi connectivity index (χ3v) is 2.72. The van der Waals surface area contributed by atoms with Gasteiger partial charge in [0, 0.05) is 17.4 Å². The number of anilines is 1. The van der Waals surface area contributed by atoms with Crippen molar-refractivity contribution >= 4 is 39.4 Å². The predicted octanol–water partition coefficient (Wildman–Crippen LogP) is 2.91. The van der Waals surface area contributed by atoms with Crippen molar-refractivity contribution in [3.63, 3.8) is 0 Å². The number of halogens is 2. The van der Waals surface area contributed by atoms with E-state index in [4.69, 9.17) is 16.3 Å². The van der Waals surface area contributed by atoms with Crippen molar-refractivity contribution in [2.45, 2.75) is 0 Å². The molecule has 1 aromatic carbocycles. The second-order valence-corrected chi connectivity index (χ2v) is 4.87. The van der Waals surface area contributed by atoms with Crippen LogP contribution in [0.4, 0.5) is 5.95 Å². The van der Waals surface area contributed by atoms with Crippen molar-refractivity contribution in [3.05, 3.63) is 46.2 Å². The fourth-order valence-electron chi connectivity index (χ4n) is 1.22. The first-order valence-corrected chi connectivity index (χ1v) is 6.46. The van der Waals surface area contributed by atoms with E-state index in [0.29, 0.717) is 10.8 Å². The Balaban J connectivity index is 1.84. The molecule has 0 bridgehead atoms. The van der Waals surface area contributed by atoms with Gasteiger partial charge >= 0.3 is 0 Å². The lowest BCUT2D eigenvalue weighted by Crippen LogP contribution is -2.21. The van der Waals surface area contributed by atoms with Crippen molar-refractivity contribution < 1.29 is 9.53 Å². The van der Waals surface area contributed by atoms with Gasteiger partial charge in [0.25, 0.3) is 5.91 Å². The first-order valence-electron chi connectivity index (χ1n) is 5.29. The number of rotatable bonds is 4. The van der Waals surface area contributed by atoms with Gasteiger partial charge in [-0.25, -0.2) is 9.97 Å². The lowest BCUT2D eigenvalue weighted by molar-refractivity contribution is -0.118. The van der Waals surface area contributed by atoms with Gasteiger partial charge in [-0.05, 0) is 40.2 Å². The Bertz CT molecular complexity index is 560. The number of carbonyl (C=O) groups is 1. The third kappa shape index (κ3) is 4.50. The standard InChI is InChI=1S/C12H9BrClN3O2/c13-8-5-15-12(16-6-8)17-11(18)7-19-10-3-1-9(14)2-4-10/h1-6H,7H2,(H,15,16,17,18). The molecule has 98 valence electrons. The number of hydrogen-bond donors (Lipinski definition) is 1. The van der Waals surface area contributed by atoms with Crippen molar-refractivity contribution in [1.82, 2.24) is 9.97 Å². The largest absolute Gasteiger partial charge is 0.484 e. The van der Waals surface area contributed by atoms with E-state index in [1.807, 2.05) is 0 Å². The van der Waals surface area contributed by atoms with Crippen molar-refractivity contribution in [3.8, 4) is 5.75 Å². The smallest absolute Gasteiger partial charge is 0.264 e. The average molecular weight is 343 g/mol. The van der Waals surface area contributed by atoms with Crippen molar-refractivity contribution in [2.24, 2.45) is 0 Å². The number of nitrogens with one attached hydrogen (secondary N) is 1. The van der Waals surface area contributed by atoms with Gasteiger partial charge in [-0.1, -0.05) is 11.6 Å². The van der Waals surface area contributed by atoms with Crippen molar-refractivity contribution in [1.29, 1.82) is 0 Å². The fourth-order valence-corrected chi connectivity index (χ4v) is 1.55. The van der Waals surface area contributed by atoms with Crippen LogP contribution in [0.2, 0.25) is 5.02 Å². The number of hydrogen-bond acceptors (Lipinski definition) is 4. The number of benzene rings is 1. The first-order chi connectivity index (χ1) is 9.13. The number of aromatic nitrogens is 2. The van der Waals surface area contributed by atoms with Gasteiger partial charge in [0.15, 0.2) is 6.61 Å². The molecule has 0 aliphatic rings. The maximum Gasteiger partial charge on any atom is 0.264 e. The van der Waals surface area contributed by atoms with Crippen LogP contribution in [0.1, 0.15) is 0 Å². The summed E-state index contributed by atoms with van der Waals surface area (Å²) in [6.45, 7) is -0.124. The average Bonchev–Trinajstić information content (AvgIpc) is 2.41. The first kappa shape index (κ1) is 13.8. The van der Waals surface area contributed by atoms with Crippen LogP contribution in [-0.4, -0.2) is 22.5 Å². The predicted molar refractivity (Wildman–Crippen MR) is 75.3 cm³/mol. The molecule has 7 heteroatoms. The molecule has 0 atom stereocenters. The highest BCUT2D eigenvalue weighted by Crippen LogP contribution is 2.15. The Hall–Kier alpha value is -1.66. The molecule has 19 heavy (non-hydrogen) atoms. The molecule has 0 unspecified atom stereocenters. The molecule has 2 aromatic rings. The minimum absolute atomic E-state index is 0.124. The maximum absolute atomic E-state index is 11.6.